The van der Waals surface area contributed by atoms with Gasteiger partial charge < -0.3 is 54.0 Å². The van der Waals surface area contributed by atoms with E-state index in [2.05, 4.69) is 23.4 Å². The number of phosphoric ester groups is 1. The number of phosphoric acid groups is 3. The summed E-state index contributed by atoms with van der Waals surface area (Å²) in [6, 6.07) is 15.7. The number of aliphatic hydroxyl groups excluding tert-OH is 1. The minimum atomic E-state index is -5.80. The Balaban J connectivity index is 1.06. The van der Waals surface area contributed by atoms with Crippen LogP contribution in [0.25, 0.3) is 6.08 Å². The number of carbonyl (C=O) groups excluding carboxylic acids is 2. The number of benzene rings is 3. The van der Waals surface area contributed by atoms with E-state index in [0.29, 0.717) is 28.2 Å². The molecule has 26 heteroatoms. The standard InChI is InChI=1S/C37H40N5O18P3/c1-40(2)22-8-11-25-29(15-22)56-30-16-23(41(3)4)9-12-26(30)37(25)27-14-20(7-10-24(27)35(46)58-37)33(44)38-13-5-6-21-18-42(36(47)39-34(21)45)32-17-28(43)31(57-32)19-55-62(51,52)60-63(53,54)59-61(48,49)50/h5-12,14-16,18,28,31-32,43H,13,17,19H2,1-4H3,(H,38,44)(H,51,52)(H,53,54)(H,39,45,47)(H2,48,49,50)/b6-5+/t28-,31+,32+/m0/s1. The van der Waals surface area contributed by atoms with E-state index in [1.807, 2.05) is 74.4 Å². The Bertz CT molecular complexity index is 2740. The molecule has 3 aliphatic rings. The lowest BCUT2D eigenvalue weighted by molar-refractivity contribution is -0.0450. The summed E-state index contributed by atoms with van der Waals surface area (Å²) in [5.74, 6) is -0.194. The van der Waals surface area contributed by atoms with Crippen LogP contribution in [0.15, 0.2) is 76.5 Å². The lowest BCUT2D eigenvalue weighted by Gasteiger charge is -2.37. The van der Waals surface area contributed by atoms with Gasteiger partial charge in [0.25, 0.3) is 11.5 Å². The maximum Gasteiger partial charge on any atom is 0.490 e. The molecule has 1 fully saturated rings. The molecule has 1 saturated heterocycles. The molecule has 1 spiro atoms. The molecule has 2 unspecified atom stereocenters. The van der Waals surface area contributed by atoms with E-state index in [4.69, 9.17) is 24.0 Å². The van der Waals surface area contributed by atoms with Crippen molar-refractivity contribution in [3.63, 3.8) is 0 Å². The Morgan fingerprint density at radius 3 is 2.14 bits per heavy atom. The van der Waals surface area contributed by atoms with Crippen LogP contribution in [0.5, 0.6) is 11.5 Å². The molecule has 4 heterocycles. The lowest BCUT2D eigenvalue weighted by Crippen LogP contribution is -2.34. The average Bonchev–Trinajstić information content (AvgIpc) is 3.70. The van der Waals surface area contributed by atoms with Crippen LogP contribution in [-0.4, -0.2) is 99.7 Å². The number of nitrogens with one attached hydrogen (secondary N) is 2. The second-order valence-electron chi connectivity index (χ2n) is 14.8. The van der Waals surface area contributed by atoms with Gasteiger partial charge >= 0.3 is 35.1 Å². The molecule has 1 amide bonds. The molecule has 5 atom stereocenters. The normalized spacial score (nSPS) is 20.5. The molecule has 0 aliphatic carbocycles. The number of rotatable bonds is 14. The van der Waals surface area contributed by atoms with Gasteiger partial charge in [-0.15, -0.1) is 0 Å². The number of ether oxygens (including phenoxy) is 3. The van der Waals surface area contributed by atoms with E-state index >= 15 is 0 Å². The van der Waals surface area contributed by atoms with Crippen LogP contribution in [-0.2, 0) is 41.9 Å². The van der Waals surface area contributed by atoms with Gasteiger partial charge in [0.05, 0.1) is 23.8 Å². The summed E-state index contributed by atoms with van der Waals surface area (Å²) in [6.45, 7) is -1.10. The molecule has 63 heavy (non-hydrogen) atoms. The maximum atomic E-state index is 13.6. The third-order valence-corrected chi connectivity index (χ3v) is 13.9. The number of anilines is 2. The minimum absolute atomic E-state index is 0.0829. The fourth-order valence-corrected chi connectivity index (χ4v) is 10.2. The number of nitrogens with zero attached hydrogens (tertiary/aromatic N) is 3. The van der Waals surface area contributed by atoms with Gasteiger partial charge in [0, 0.05) is 93.1 Å². The van der Waals surface area contributed by atoms with Gasteiger partial charge in [0.1, 0.15) is 23.8 Å². The molecular formula is C37H40N5O18P3. The molecule has 0 saturated carbocycles. The van der Waals surface area contributed by atoms with Crippen LogP contribution in [0, 0.1) is 0 Å². The summed E-state index contributed by atoms with van der Waals surface area (Å²) < 4.78 is 65.6. The van der Waals surface area contributed by atoms with Gasteiger partial charge in [-0.1, -0.05) is 12.2 Å². The highest BCUT2D eigenvalue weighted by Gasteiger charge is 2.54. The van der Waals surface area contributed by atoms with E-state index < -0.39 is 77.2 Å². The predicted octanol–water partition coefficient (Wildman–Crippen LogP) is 2.67. The van der Waals surface area contributed by atoms with Crippen LogP contribution < -0.4 is 31.1 Å². The smallest absolute Gasteiger partial charge is 0.456 e. The first-order chi connectivity index (χ1) is 29.5. The molecule has 23 nitrogen and oxygen atoms in total. The first-order valence-corrected chi connectivity index (χ1v) is 23.1. The van der Waals surface area contributed by atoms with Crippen LogP contribution in [0.4, 0.5) is 11.4 Å². The number of carbonyl (C=O) groups is 2. The van der Waals surface area contributed by atoms with Crippen molar-refractivity contribution in [1.82, 2.24) is 14.9 Å². The number of fused-ring (bicyclic) bond motifs is 6. The van der Waals surface area contributed by atoms with Crippen molar-refractivity contribution in [1.29, 1.82) is 0 Å². The van der Waals surface area contributed by atoms with Crippen LogP contribution in [0.2, 0.25) is 0 Å². The monoisotopic (exact) mass is 935 g/mol. The summed E-state index contributed by atoms with van der Waals surface area (Å²) in [5, 5.41) is 13.2. The van der Waals surface area contributed by atoms with Crippen LogP contribution >= 0.6 is 23.5 Å². The quantitative estimate of drug-likeness (QED) is 0.0706. The van der Waals surface area contributed by atoms with Gasteiger partial charge in [-0.2, -0.15) is 8.62 Å². The highest BCUT2D eigenvalue weighted by atomic mass is 31.3. The Labute approximate surface area is 356 Å². The molecular weight excluding hydrogens is 895 g/mol. The van der Waals surface area contributed by atoms with E-state index in [0.717, 1.165) is 22.1 Å². The Kier molecular flexibility index (Phi) is 12.4. The Hall–Kier alpha value is -5.25. The van der Waals surface area contributed by atoms with Crippen molar-refractivity contribution in [2.45, 2.75) is 30.5 Å². The number of esters is 1. The molecule has 7 rings (SSSR count). The zero-order valence-corrected chi connectivity index (χ0v) is 36.2. The second-order valence-corrected chi connectivity index (χ2v) is 19.2. The molecule has 336 valence electrons. The zero-order chi connectivity index (χ0) is 45.8. The number of H-pyrrole nitrogens is 1. The molecule has 3 aliphatic heterocycles. The van der Waals surface area contributed by atoms with Crippen LogP contribution in [0.1, 0.15) is 55.6 Å². The summed E-state index contributed by atoms with van der Waals surface area (Å²) >= 11 is 0. The van der Waals surface area contributed by atoms with Crippen molar-refractivity contribution in [3.8, 4) is 11.5 Å². The van der Waals surface area contributed by atoms with Gasteiger partial charge in [0.15, 0.2) is 5.60 Å². The van der Waals surface area contributed by atoms with Gasteiger partial charge in [-0.3, -0.25) is 23.7 Å². The molecule has 4 aromatic rings. The third kappa shape index (κ3) is 9.51. The van der Waals surface area contributed by atoms with E-state index in [1.54, 1.807) is 6.07 Å². The topological polar surface area (TPSA) is 315 Å². The summed E-state index contributed by atoms with van der Waals surface area (Å²) in [5.41, 5.74) is 0.382. The number of hydrogen-bond donors (Lipinski definition) is 7. The van der Waals surface area contributed by atoms with E-state index in [-0.39, 0.29) is 29.7 Å². The minimum Gasteiger partial charge on any atom is -0.456 e. The van der Waals surface area contributed by atoms with Crippen molar-refractivity contribution in [2.75, 3.05) is 51.1 Å². The van der Waals surface area contributed by atoms with Crippen molar-refractivity contribution in [3.05, 3.63) is 121 Å². The number of aliphatic hydroxyl groups is 1. The van der Waals surface area contributed by atoms with E-state index in [9.17, 15) is 47.8 Å². The second kappa shape index (κ2) is 17.0. The van der Waals surface area contributed by atoms with Crippen molar-refractivity contribution in [2.24, 2.45) is 0 Å². The summed E-state index contributed by atoms with van der Waals surface area (Å²) in [7, 11) is -9.42. The number of aromatic amines is 1. The Morgan fingerprint density at radius 2 is 1.54 bits per heavy atom. The molecule has 0 bridgehead atoms. The molecule has 0 radical (unpaired) electrons. The summed E-state index contributed by atoms with van der Waals surface area (Å²) in [4.78, 5) is 95.0. The molecule has 3 aromatic carbocycles. The predicted molar refractivity (Wildman–Crippen MR) is 220 cm³/mol. The molecule has 1 aromatic heterocycles. The first-order valence-electron chi connectivity index (χ1n) is 18.6. The fourth-order valence-electron chi connectivity index (χ4n) is 7.18. The number of hydrogen-bond acceptors (Lipinski definition) is 16. The van der Waals surface area contributed by atoms with E-state index in [1.165, 1.54) is 24.3 Å². The molecule has 7 N–H and O–H groups in total. The van der Waals surface area contributed by atoms with Crippen molar-refractivity contribution < 1.29 is 75.3 Å². The first kappa shape index (κ1) is 45.8. The highest BCUT2D eigenvalue weighted by Crippen LogP contribution is 2.66. The largest absolute Gasteiger partial charge is 0.490 e. The maximum absolute atomic E-state index is 13.6. The summed E-state index contributed by atoms with van der Waals surface area (Å²) in [6.07, 6.45) is -0.671. The highest BCUT2D eigenvalue weighted by molar-refractivity contribution is 7.66. The average molecular weight is 936 g/mol. The van der Waals surface area contributed by atoms with Gasteiger partial charge in [0.2, 0.25) is 0 Å². The third-order valence-electron chi connectivity index (χ3n) is 10.1. The van der Waals surface area contributed by atoms with Crippen molar-refractivity contribution >= 4 is 52.8 Å². The van der Waals surface area contributed by atoms with Crippen LogP contribution in [0.3, 0.4) is 0 Å². The number of aromatic nitrogens is 2. The van der Waals surface area contributed by atoms with Gasteiger partial charge in [-0.05, 0) is 42.5 Å². The zero-order valence-electron chi connectivity index (χ0n) is 33.5. The number of amides is 1. The fraction of sp³-hybridized carbons (Fsp3) is 0.297. The van der Waals surface area contributed by atoms with Gasteiger partial charge in [-0.25, -0.2) is 23.3 Å². The lowest BCUT2D eigenvalue weighted by atomic mass is 9.77. The SMILES string of the molecule is CN(C)c1ccc2c(c1)Oc1cc(N(C)C)ccc1C21OC(=O)c2ccc(C(=O)NC/C=C/c3cn([C@H]4C[C@H](O)[C@@H](COP(=O)(O)OP(=O)(O)OP(=O)(O)O)O4)c(=O)[nH]c3=O)cc21. The Morgan fingerprint density at radius 1 is 0.905 bits per heavy atom.